The smallest absolute Gasteiger partial charge is 0.406 e. The van der Waals surface area contributed by atoms with Crippen molar-refractivity contribution in [1.82, 2.24) is 10.2 Å². The summed E-state index contributed by atoms with van der Waals surface area (Å²) in [5, 5.41) is 2.96. The molecule has 0 aliphatic carbocycles. The third-order valence-corrected chi connectivity index (χ3v) is 4.50. The SMILES string of the molecule is COc1ccc([C@H](C)NCC(=O)N(Cc2ccco2)CC(F)(F)F)cc1Br. The summed E-state index contributed by atoms with van der Waals surface area (Å²) in [5.74, 6) is 0.291. The largest absolute Gasteiger partial charge is 0.496 e. The summed E-state index contributed by atoms with van der Waals surface area (Å²) in [4.78, 5) is 13.1. The third-order valence-electron chi connectivity index (χ3n) is 3.88. The molecule has 5 nitrogen and oxygen atoms in total. The highest BCUT2D eigenvalue weighted by molar-refractivity contribution is 9.10. The van der Waals surface area contributed by atoms with E-state index < -0.39 is 18.6 Å². The van der Waals surface area contributed by atoms with Gasteiger partial charge in [-0.3, -0.25) is 4.79 Å². The van der Waals surface area contributed by atoms with E-state index in [9.17, 15) is 18.0 Å². The highest BCUT2D eigenvalue weighted by Gasteiger charge is 2.33. The molecular weight excluding hydrogens is 429 g/mol. The molecule has 1 heterocycles. The minimum atomic E-state index is -4.49. The van der Waals surface area contributed by atoms with Crippen molar-refractivity contribution >= 4 is 21.8 Å². The first-order valence-electron chi connectivity index (χ1n) is 8.13. The number of furan rings is 1. The van der Waals surface area contributed by atoms with Crippen molar-refractivity contribution < 1.29 is 27.1 Å². The average Bonchev–Trinajstić information content (AvgIpc) is 3.10. The van der Waals surface area contributed by atoms with E-state index in [-0.39, 0.29) is 19.1 Å². The number of nitrogens with zero attached hydrogens (tertiary/aromatic N) is 1. The number of amides is 1. The van der Waals surface area contributed by atoms with Gasteiger partial charge in [0.05, 0.1) is 30.9 Å². The number of ether oxygens (including phenoxy) is 1. The van der Waals surface area contributed by atoms with Crippen molar-refractivity contribution in [2.45, 2.75) is 25.7 Å². The average molecular weight is 449 g/mol. The van der Waals surface area contributed by atoms with Crippen molar-refractivity contribution in [1.29, 1.82) is 0 Å². The van der Waals surface area contributed by atoms with Crippen LogP contribution in [-0.4, -0.2) is 37.2 Å². The van der Waals surface area contributed by atoms with E-state index in [0.29, 0.717) is 11.5 Å². The Kier molecular flexibility index (Phi) is 7.32. The zero-order valence-electron chi connectivity index (χ0n) is 14.8. The summed E-state index contributed by atoms with van der Waals surface area (Å²) in [5.41, 5.74) is 0.865. The Balaban J connectivity index is 2.00. The summed E-state index contributed by atoms with van der Waals surface area (Å²) >= 11 is 3.38. The van der Waals surface area contributed by atoms with Crippen molar-refractivity contribution in [3.8, 4) is 5.75 Å². The van der Waals surface area contributed by atoms with E-state index in [1.54, 1.807) is 19.2 Å². The van der Waals surface area contributed by atoms with E-state index in [1.807, 2.05) is 19.1 Å². The van der Waals surface area contributed by atoms with E-state index in [2.05, 4.69) is 21.2 Å². The molecule has 1 N–H and O–H groups in total. The number of hydrogen-bond donors (Lipinski definition) is 1. The molecule has 148 valence electrons. The number of benzene rings is 1. The van der Waals surface area contributed by atoms with Gasteiger partial charge in [-0.1, -0.05) is 6.07 Å². The molecule has 0 aliphatic heterocycles. The van der Waals surface area contributed by atoms with Gasteiger partial charge in [0, 0.05) is 6.04 Å². The van der Waals surface area contributed by atoms with Crippen LogP contribution < -0.4 is 10.1 Å². The van der Waals surface area contributed by atoms with Crippen LogP contribution >= 0.6 is 15.9 Å². The lowest BCUT2D eigenvalue weighted by molar-refractivity contribution is -0.162. The first kappa shape index (κ1) is 21.3. The van der Waals surface area contributed by atoms with Gasteiger partial charge in [0.1, 0.15) is 18.1 Å². The zero-order valence-corrected chi connectivity index (χ0v) is 16.4. The fraction of sp³-hybridized carbons (Fsp3) is 0.389. The van der Waals surface area contributed by atoms with E-state index >= 15 is 0 Å². The molecule has 2 aromatic rings. The minimum absolute atomic E-state index is 0.235. The van der Waals surface area contributed by atoms with Crippen LogP contribution in [0.5, 0.6) is 5.75 Å². The van der Waals surface area contributed by atoms with Crippen LogP contribution in [0.3, 0.4) is 0 Å². The van der Waals surface area contributed by atoms with Gasteiger partial charge in [-0.25, -0.2) is 0 Å². The maximum atomic E-state index is 12.8. The molecule has 0 unspecified atom stereocenters. The molecule has 1 aromatic heterocycles. The summed E-state index contributed by atoms with van der Waals surface area (Å²) in [6.45, 7) is 0.00985. The van der Waals surface area contributed by atoms with Gasteiger partial charge in [0.2, 0.25) is 5.91 Å². The molecule has 0 fully saturated rings. The van der Waals surface area contributed by atoms with Crippen LogP contribution in [0.2, 0.25) is 0 Å². The van der Waals surface area contributed by atoms with Gasteiger partial charge in [0.25, 0.3) is 0 Å². The normalized spacial score (nSPS) is 12.7. The molecule has 9 heteroatoms. The fourth-order valence-electron chi connectivity index (χ4n) is 2.46. The maximum Gasteiger partial charge on any atom is 0.406 e. The number of carbonyl (C=O) groups is 1. The Hall–Kier alpha value is -2.00. The number of methoxy groups -OCH3 is 1. The molecule has 0 aliphatic rings. The zero-order chi connectivity index (χ0) is 20.0. The van der Waals surface area contributed by atoms with E-state index in [1.165, 1.54) is 12.3 Å². The van der Waals surface area contributed by atoms with Gasteiger partial charge in [0.15, 0.2) is 0 Å². The summed E-state index contributed by atoms with van der Waals surface area (Å²) in [6.07, 6.45) is -3.14. The molecule has 0 spiro atoms. The third kappa shape index (κ3) is 6.59. The molecule has 1 amide bonds. The van der Waals surface area contributed by atoms with Crippen molar-refractivity contribution in [2.24, 2.45) is 0 Å². The lowest BCUT2D eigenvalue weighted by atomic mass is 10.1. The van der Waals surface area contributed by atoms with Crippen LogP contribution in [0.25, 0.3) is 0 Å². The number of hydrogen-bond acceptors (Lipinski definition) is 4. The van der Waals surface area contributed by atoms with Gasteiger partial charge in [-0.05, 0) is 52.7 Å². The highest BCUT2D eigenvalue weighted by atomic mass is 79.9. The van der Waals surface area contributed by atoms with Crippen molar-refractivity contribution in [2.75, 3.05) is 20.2 Å². The van der Waals surface area contributed by atoms with Gasteiger partial charge >= 0.3 is 6.18 Å². The number of rotatable bonds is 8. The summed E-state index contributed by atoms with van der Waals surface area (Å²) < 4.78 is 49.4. The maximum absolute atomic E-state index is 12.8. The lowest BCUT2D eigenvalue weighted by Crippen LogP contribution is -2.43. The van der Waals surface area contributed by atoms with E-state index in [0.717, 1.165) is 14.9 Å². The first-order chi connectivity index (χ1) is 12.7. The number of nitrogens with one attached hydrogen (secondary N) is 1. The second kappa shape index (κ2) is 9.27. The fourth-order valence-corrected chi connectivity index (χ4v) is 3.02. The Labute approximate surface area is 163 Å². The highest BCUT2D eigenvalue weighted by Crippen LogP contribution is 2.28. The second-order valence-electron chi connectivity index (χ2n) is 5.94. The minimum Gasteiger partial charge on any atom is -0.496 e. The first-order valence-corrected chi connectivity index (χ1v) is 8.92. The predicted octanol–water partition coefficient (Wildman–Crippen LogP) is 4.29. The predicted molar refractivity (Wildman–Crippen MR) is 97.3 cm³/mol. The van der Waals surface area contributed by atoms with Gasteiger partial charge < -0.3 is 19.4 Å². The molecule has 0 saturated carbocycles. The van der Waals surface area contributed by atoms with Crippen LogP contribution in [0, 0.1) is 0 Å². The Bertz CT molecular complexity index is 751. The quantitative estimate of drug-likeness (QED) is 0.654. The Morgan fingerprint density at radius 3 is 2.67 bits per heavy atom. The molecular formula is C18H20BrF3N2O3. The topological polar surface area (TPSA) is 54.7 Å². The number of alkyl halides is 3. The van der Waals surface area contributed by atoms with E-state index in [4.69, 9.17) is 9.15 Å². The van der Waals surface area contributed by atoms with Crippen molar-refractivity contribution in [3.63, 3.8) is 0 Å². The molecule has 0 bridgehead atoms. The van der Waals surface area contributed by atoms with Crippen LogP contribution in [-0.2, 0) is 11.3 Å². The number of halogens is 4. The van der Waals surface area contributed by atoms with Crippen LogP contribution in [0.4, 0.5) is 13.2 Å². The lowest BCUT2D eigenvalue weighted by Gasteiger charge is -2.24. The molecule has 0 saturated heterocycles. The Morgan fingerprint density at radius 1 is 1.37 bits per heavy atom. The molecule has 1 aromatic carbocycles. The van der Waals surface area contributed by atoms with Crippen LogP contribution in [0.1, 0.15) is 24.3 Å². The van der Waals surface area contributed by atoms with Crippen LogP contribution in [0.15, 0.2) is 45.5 Å². The van der Waals surface area contributed by atoms with Gasteiger partial charge in [-0.15, -0.1) is 0 Å². The second-order valence-corrected chi connectivity index (χ2v) is 6.80. The molecule has 1 atom stereocenters. The standard InChI is InChI=1S/C18H20BrF3N2O3/c1-12(13-5-6-16(26-2)15(19)8-13)23-9-17(25)24(11-18(20,21)22)10-14-4-3-7-27-14/h3-8,12,23H,9-11H2,1-2H3/t12-/m0/s1. The summed E-state index contributed by atoms with van der Waals surface area (Å²) in [7, 11) is 1.55. The number of carbonyl (C=O) groups excluding carboxylic acids is 1. The Morgan fingerprint density at radius 2 is 2.11 bits per heavy atom. The molecule has 2 rings (SSSR count). The van der Waals surface area contributed by atoms with Crippen molar-refractivity contribution in [3.05, 3.63) is 52.4 Å². The monoisotopic (exact) mass is 448 g/mol. The summed E-state index contributed by atoms with van der Waals surface area (Å²) in [6, 6.07) is 8.27. The van der Waals surface area contributed by atoms with Gasteiger partial charge in [-0.2, -0.15) is 13.2 Å². The molecule has 0 radical (unpaired) electrons. The molecule has 27 heavy (non-hydrogen) atoms.